The molecule has 0 amide bonds. The van der Waals surface area contributed by atoms with Gasteiger partial charge in [-0.1, -0.05) is 0 Å². The lowest BCUT2D eigenvalue weighted by molar-refractivity contribution is -0.156. The fraction of sp³-hybridized carbons (Fsp3) is 0.929. The second-order valence-corrected chi connectivity index (χ2v) is 5.37. The Labute approximate surface area is 115 Å². The highest BCUT2D eigenvalue weighted by Gasteiger charge is 2.51. The third-order valence-electron chi connectivity index (χ3n) is 4.02. The van der Waals surface area contributed by atoms with Crippen LogP contribution in [0.5, 0.6) is 0 Å². The lowest BCUT2D eigenvalue weighted by Gasteiger charge is -2.31. The van der Waals surface area contributed by atoms with Crippen molar-refractivity contribution in [2.45, 2.75) is 44.2 Å². The van der Waals surface area contributed by atoms with Crippen molar-refractivity contribution in [3.8, 4) is 0 Å². The number of carbonyl (C=O) groups is 1. The third kappa shape index (κ3) is 3.46. The average Bonchev–Trinajstić information content (AvgIpc) is 3.13. The zero-order valence-electron chi connectivity index (χ0n) is 11.9. The SMILES string of the molecule is CCOC(=O)C(COCC1CCCO1)(NC)C1CC1. The summed E-state index contributed by atoms with van der Waals surface area (Å²) in [5, 5.41) is 3.15. The molecule has 1 saturated carbocycles. The normalized spacial score (nSPS) is 26.1. The summed E-state index contributed by atoms with van der Waals surface area (Å²) in [4.78, 5) is 12.2. The molecular formula is C14H25NO4. The van der Waals surface area contributed by atoms with Crippen molar-refractivity contribution in [2.24, 2.45) is 5.92 Å². The molecule has 1 heterocycles. The Balaban J connectivity index is 1.87. The lowest BCUT2D eigenvalue weighted by Crippen LogP contribution is -2.57. The average molecular weight is 271 g/mol. The molecule has 0 aromatic carbocycles. The standard InChI is InChI=1S/C14H25NO4/c1-3-18-13(16)14(15-2,11-6-7-11)10-17-9-12-5-4-8-19-12/h11-12,15H,3-10H2,1-2H3. The van der Waals surface area contributed by atoms with Crippen molar-refractivity contribution in [3.05, 3.63) is 0 Å². The van der Waals surface area contributed by atoms with Crippen LogP contribution in [0.1, 0.15) is 32.6 Å². The number of hydrogen-bond acceptors (Lipinski definition) is 5. The molecule has 1 aliphatic carbocycles. The fourth-order valence-corrected chi connectivity index (χ4v) is 2.68. The van der Waals surface area contributed by atoms with Crippen molar-refractivity contribution in [1.29, 1.82) is 0 Å². The molecule has 2 aliphatic rings. The molecule has 0 radical (unpaired) electrons. The Morgan fingerprint density at radius 2 is 2.21 bits per heavy atom. The van der Waals surface area contributed by atoms with E-state index in [4.69, 9.17) is 14.2 Å². The second kappa shape index (κ2) is 6.68. The molecule has 1 N–H and O–H groups in total. The van der Waals surface area contributed by atoms with Crippen molar-refractivity contribution in [3.63, 3.8) is 0 Å². The number of ether oxygens (including phenoxy) is 3. The maximum absolute atomic E-state index is 12.2. The molecule has 0 spiro atoms. The summed E-state index contributed by atoms with van der Waals surface area (Å²) in [5.74, 6) is 0.147. The van der Waals surface area contributed by atoms with E-state index in [0.29, 0.717) is 25.7 Å². The molecule has 0 aromatic heterocycles. The summed E-state index contributed by atoms with van der Waals surface area (Å²) in [6.45, 7) is 3.99. The number of carbonyl (C=O) groups excluding carboxylic acids is 1. The van der Waals surface area contributed by atoms with Gasteiger partial charge in [0.25, 0.3) is 0 Å². The minimum Gasteiger partial charge on any atom is -0.465 e. The van der Waals surface area contributed by atoms with Gasteiger partial charge in [0, 0.05) is 6.61 Å². The Bertz CT molecular complexity index is 300. The zero-order valence-corrected chi connectivity index (χ0v) is 11.9. The van der Waals surface area contributed by atoms with E-state index < -0.39 is 5.54 Å². The first-order valence-corrected chi connectivity index (χ1v) is 7.28. The van der Waals surface area contributed by atoms with Gasteiger partial charge in [0.05, 0.1) is 25.9 Å². The van der Waals surface area contributed by atoms with Gasteiger partial charge >= 0.3 is 5.97 Å². The lowest BCUT2D eigenvalue weighted by atomic mass is 9.94. The van der Waals surface area contributed by atoms with Crippen molar-refractivity contribution >= 4 is 5.97 Å². The highest BCUT2D eigenvalue weighted by Crippen LogP contribution is 2.40. The summed E-state index contributed by atoms with van der Waals surface area (Å²) in [6.07, 6.45) is 4.46. The molecule has 2 fully saturated rings. The van der Waals surface area contributed by atoms with E-state index in [0.717, 1.165) is 32.3 Å². The van der Waals surface area contributed by atoms with Gasteiger partial charge in [-0.3, -0.25) is 0 Å². The zero-order chi connectivity index (χ0) is 13.7. The Morgan fingerprint density at radius 1 is 1.42 bits per heavy atom. The quantitative estimate of drug-likeness (QED) is 0.670. The highest BCUT2D eigenvalue weighted by atomic mass is 16.5. The second-order valence-electron chi connectivity index (χ2n) is 5.37. The monoisotopic (exact) mass is 271 g/mol. The first-order valence-electron chi connectivity index (χ1n) is 7.28. The third-order valence-corrected chi connectivity index (χ3v) is 4.02. The van der Waals surface area contributed by atoms with Crippen molar-refractivity contribution in [1.82, 2.24) is 5.32 Å². The van der Waals surface area contributed by atoms with Gasteiger partial charge in [0.2, 0.25) is 0 Å². The minimum atomic E-state index is -0.672. The Morgan fingerprint density at radius 3 is 2.74 bits per heavy atom. The van der Waals surface area contributed by atoms with Crippen molar-refractivity contribution in [2.75, 3.05) is 33.5 Å². The van der Waals surface area contributed by atoms with E-state index in [1.54, 1.807) is 0 Å². The highest BCUT2D eigenvalue weighted by molar-refractivity contribution is 5.82. The van der Waals surface area contributed by atoms with Crippen LogP contribution in [-0.2, 0) is 19.0 Å². The van der Waals surface area contributed by atoms with E-state index in [9.17, 15) is 4.79 Å². The van der Waals surface area contributed by atoms with Crippen LogP contribution in [0.2, 0.25) is 0 Å². The Hall–Kier alpha value is -0.650. The van der Waals surface area contributed by atoms with Crippen LogP contribution in [0.25, 0.3) is 0 Å². The van der Waals surface area contributed by atoms with Crippen molar-refractivity contribution < 1.29 is 19.0 Å². The number of rotatable bonds is 8. The van der Waals surface area contributed by atoms with E-state index in [-0.39, 0.29) is 12.1 Å². The van der Waals surface area contributed by atoms with Crippen LogP contribution >= 0.6 is 0 Å². The van der Waals surface area contributed by atoms with Crippen LogP contribution in [-0.4, -0.2) is 51.1 Å². The number of esters is 1. The molecule has 110 valence electrons. The summed E-state index contributed by atoms with van der Waals surface area (Å²) in [6, 6.07) is 0. The Kier molecular flexibility index (Phi) is 5.19. The van der Waals surface area contributed by atoms with Gasteiger partial charge in [-0.15, -0.1) is 0 Å². The smallest absolute Gasteiger partial charge is 0.329 e. The maximum Gasteiger partial charge on any atom is 0.329 e. The molecule has 2 unspecified atom stereocenters. The first-order chi connectivity index (χ1) is 9.23. The van der Waals surface area contributed by atoms with Gasteiger partial charge in [-0.25, -0.2) is 4.79 Å². The summed E-state index contributed by atoms with van der Waals surface area (Å²) >= 11 is 0. The molecule has 1 saturated heterocycles. The topological polar surface area (TPSA) is 56.8 Å². The molecule has 0 bridgehead atoms. The number of nitrogens with one attached hydrogen (secondary N) is 1. The largest absolute Gasteiger partial charge is 0.465 e. The van der Waals surface area contributed by atoms with Crippen LogP contribution in [0, 0.1) is 5.92 Å². The van der Waals surface area contributed by atoms with Crippen LogP contribution < -0.4 is 5.32 Å². The van der Waals surface area contributed by atoms with Crippen LogP contribution in [0.3, 0.4) is 0 Å². The minimum absolute atomic E-state index is 0.188. The van der Waals surface area contributed by atoms with E-state index in [1.165, 1.54) is 0 Å². The summed E-state index contributed by atoms with van der Waals surface area (Å²) in [5.41, 5.74) is -0.672. The van der Waals surface area contributed by atoms with Gasteiger partial charge < -0.3 is 19.5 Å². The summed E-state index contributed by atoms with van der Waals surface area (Å²) in [7, 11) is 1.81. The van der Waals surface area contributed by atoms with E-state index >= 15 is 0 Å². The first kappa shape index (κ1) is 14.8. The molecule has 0 aromatic rings. The number of likely N-dealkylation sites (N-methyl/N-ethyl adjacent to an activating group) is 1. The van der Waals surface area contributed by atoms with E-state index in [1.807, 2.05) is 14.0 Å². The van der Waals surface area contributed by atoms with Gasteiger partial charge in [-0.05, 0) is 45.6 Å². The van der Waals surface area contributed by atoms with Crippen LogP contribution in [0.15, 0.2) is 0 Å². The maximum atomic E-state index is 12.2. The molecule has 5 nitrogen and oxygen atoms in total. The predicted molar refractivity (Wildman–Crippen MR) is 70.9 cm³/mol. The van der Waals surface area contributed by atoms with Gasteiger partial charge in [-0.2, -0.15) is 0 Å². The predicted octanol–water partition coefficient (Wildman–Crippen LogP) is 1.11. The van der Waals surface area contributed by atoms with Crippen LogP contribution in [0.4, 0.5) is 0 Å². The van der Waals surface area contributed by atoms with Gasteiger partial charge in [0.15, 0.2) is 0 Å². The number of hydrogen-bond donors (Lipinski definition) is 1. The molecule has 1 aliphatic heterocycles. The van der Waals surface area contributed by atoms with Gasteiger partial charge in [0.1, 0.15) is 5.54 Å². The molecular weight excluding hydrogens is 246 g/mol. The fourth-order valence-electron chi connectivity index (χ4n) is 2.68. The molecule has 19 heavy (non-hydrogen) atoms. The molecule has 2 rings (SSSR count). The molecule has 5 heteroatoms. The van der Waals surface area contributed by atoms with E-state index in [2.05, 4.69) is 5.32 Å². The molecule has 2 atom stereocenters. The summed E-state index contributed by atoms with van der Waals surface area (Å²) < 4.78 is 16.5.